The summed E-state index contributed by atoms with van der Waals surface area (Å²) in [5.41, 5.74) is 9.44. The molecule has 0 unspecified atom stereocenters. The van der Waals surface area contributed by atoms with Crippen LogP contribution in [0.4, 0.5) is 0 Å². The lowest BCUT2D eigenvalue weighted by molar-refractivity contribution is -0.120. The Hall–Kier alpha value is -1.51. The zero-order chi connectivity index (χ0) is 21.0. The minimum absolute atomic E-state index is 0.184. The number of nitrogens with two attached hydrogens (primary N) is 2. The average Bonchev–Trinajstić information content (AvgIpc) is 2.70. The summed E-state index contributed by atoms with van der Waals surface area (Å²) in [6.45, 7) is 18.8. The number of nitrogens with zero attached hydrogens (tertiary/aromatic N) is 3. The first-order valence-electron chi connectivity index (χ1n) is 9.53. The van der Waals surface area contributed by atoms with Gasteiger partial charge in [-0.3, -0.25) is 24.2 Å². The van der Waals surface area contributed by atoms with Crippen molar-refractivity contribution in [2.75, 3.05) is 58.9 Å². The lowest BCUT2D eigenvalue weighted by Crippen LogP contribution is -2.41. The Kier molecular flexibility index (Phi) is 24.2. The van der Waals surface area contributed by atoms with Crippen LogP contribution in [0.5, 0.6) is 0 Å². The van der Waals surface area contributed by atoms with Gasteiger partial charge in [0.1, 0.15) is 5.78 Å². The molecule has 0 aromatic heterocycles. The second-order valence-corrected chi connectivity index (χ2v) is 5.29. The van der Waals surface area contributed by atoms with E-state index in [0.717, 1.165) is 45.8 Å². The van der Waals surface area contributed by atoms with Gasteiger partial charge in [-0.15, -0.1) is 0 Å². The summed E-state index contributed by atoms with van der Waals surface area (Å²) in [5, 5.41) is 0. The van der Waals surface area contributed by atoms with Gasteiger partial charge in [-0.05, 0) is 13.5 Å². The van der Waals surface area contributed by atoms with E-state index in [2.05, 4.69) is 27.4 Å². The molecule has 0 aliphatic carbocycles. The maximum atomic E-state index is 11.3. The van der Waals surface area contributed by atoms with E-state index in [1.807, 2.05) is 27.7 Å². The maximum absolute atomic E-state index is 11.3. The fourth-order valence-electron chi connectivity index (χ4n) is 2.35. The molecular weight excluding hydrogens is 334 g/mol. The van der Waals surface area contributed by atoms with Crippen molar-refractivity contribution in [1.29, 1.82) is 0 Å². The van der Waals surface area contributed by atoms with Crippen molar-refractivity contribution in [2.45, 2.75) is 41.5 Å². The van der Waals surface area contributed by atoms with Crippen molar-refractivity contribution < 1.29 is 14.4 Å². The van der Waals surface area contributed by atoms with Gasteiger partial charge < -0.3 is 16.4 Å². The summed E-state index contributed by atoms with van der Waals surface area (Å²) in [6, 6.07) is 0. The molecular formula is C18H41N5O3. The molecule has 8 nitrogen and oxygen atoms in total. The fourth-order valence-corrected chi connectivity index (χ4v) is 2.35. The molecule has 1 saturated heterocycles. The van der Waals surface area contributed by atoms with Crippen molar-refractivity contribution in [1.82, 2.24) is 14.7 Å². The number of carbonyl (C=O) groups excluding carboxylic acids is 3. The zero-order valence-electron chi connectivity index (χ0n) is 17.7. The number of hydrogen-bond acceptors (Lipinski definition) is 6. The minimum Gasteiger partial charge on any atom is -0.372 e. The van der Waals surface area contributed by atoms with Crippen molar-refractivity contribution in [3.05, 3.63) is 0 Å². The molecule has 4 N–H and O–H groups in total. The van der Waals surface area contributed by atoms with E-state index in [9.17, 15) is 9.59 Å². The number of primary amides is 2. The van der Waals surface area contributed by atoms with Gasteiger partial charge in [0.2, 0.25) is 12.3 Å². The van der Waals surface area contributed by atoms with Gasteiger partial charge in [0.25, 0.3) is 0 Å². The molecule has 0 aromatic carbocycles. The normalized spacial score (nSPS) is 15.9. The summed E-state index contributed by atoms with van der Waals surface area (Å²) in [5.74, 6) is -0.107. The molecule has 1 aliphatic rings. The van der Waals surface area contributed by atoms with Crippen LogP contribution in [0.3, 0.4) is 0 Å². The first-order chi connectivity index (χ1) is 12.4. The van der Waals surface area contributed by atoms with Crippen LogP contribution >= 0.6 is 0 Å². The van der Waals surface area contributed by atoms with Gasteiger partial charge >= 0.3 is 0 Å². The minimum atomic E-state index is -0.291. The van der Waals surface area contributed by atoms with Crippen LogP contribution in [0.25, 0.3) is 0 Å². The molecule has 156 valence electrons. The summed E-state index contributed by atoms with van der Waals surface area (Å²) in [4.78, 5) is 37.5. The van der Waals surface area contributed by atoms with Crippen molar-refractivity contribution >= 4 is 18.1 Å². The molecule has 0 radical (unpaired) electrons. The third-order valence-corrected chi connectivity index (χ3v) is 3.47. The predicted molar refractivity (Wildman–Crippen MR) is 108 cm³/mol. The Labute approximate surface area is 159 Å². The van der Waals surface area contributed by atoms with E-state index >= 15 is 0 Å². The monoisotopic (exact) mass is 375 g/mol. The molecule has 0 aromatic rings. The Morgan fingerprint density at radius 3 is 1.42 bits per heavy atom. The summed E-state index contributed by atoms with van der Waals surface area (Å²) in [7, 11) is 0. The van der Waals surface area contributed by atoms with Crippen LogP contribution in [0.2, 0.25) is 0 Å². The van der Waals surface area contributed by atoms with Gasteiger partial charge in [-0.25, -0.2) is 0 Å². The van der Waals surface area contributed by atoms with Crippen LogP contribution in [0.1, 0.15) is 41.5 Å². The molecule has 0 atom stereocenters. The summed E-state index contributed by atoms with van der Waals surface area (Å²) < 4.78 is 0. The fraction of sp³-hybridized carbons (Fsp3) is 0.833. The Morgan fingerprint density at radius 2 is 1.15 bits per heavy atom. The molecule has 2 amide bonds. The molecule has 1 rings (SSSR count). The van der Waals surface area contributed by atoms with Gasteiger partial charge in [0, 0.05) is 39.3 Å². The maximum Gasteiger partial charge on any atom is 0.231 e. The first kappa shape index (κ1) is 29.3. The molecule has 8 heteroatoms. The largest absolute Gasteiger partial charge is 0.372 e. The van der Waals surface area contributed by atoms with Crippen LogP contribution in [0.15, 0.2) is 0 Å². The van der Waals surface area contributed by atoms with Gasteiger partial charge in [-0.2, -0.15) is 0 Å². The van der Waals surface area contributed by atoms with E-state index in [1.54, 1.807) is 6.92 Å². The molecule has 1 fully saturated rings. The third-order valence-electron chi connectivity index (χ3n) is 3.47. The molecule has 0 saturated carbocycles. The summed E-state index contributed by atoms with van der Waals surface area (Å²) >= 11 is 0. The topological polar surface area (TPSA) is 113 Å². The van der Waals surface area contributed by atoms with Crippen LogP contribution in [0, 0.1) is 0 Å². The highest BCUT2D eigenvalue weighted by Gasteiger charge is 2.17. The van der Waals surface area contributed by atoms with Crippen molar-refractivity contribution in [3.63, 3.8) is 0 Å². The number of carbonyl (C=O) groups is 3. The second-order valence-electron chi connectivity index (χ2n) is 5.29. The van der Waals surface area contributed by atoms with E-state index < -0.39 is 0 Å². The quantitative estimate of drug-likeness (QED) is 0.662. The first-order valence-corrected chi connectivity index (χ1v) is 9.53. The highest BCUT2D eigenvalue weighted by molar-refractivity contribution is 5.77. The highest BCUT2D eigenvalue weighted by atomic mass is 16.1. The second kappa shape index (κ2) is 21.5. The number of Topliss-reactive ketones (excluding diaryl/α,β-unsaturated/α-hetero) is 1. The van der Waals surface area contributed by atoms with E-state index in [1.165, 1.54) is 0 Å². The lowest BCUT2D eigenvalue weighted by atomic mass is 10.3. The van der Waals surface area contributed by atoms with Crippen LogP contribution < -0.4 is 11.5 Å². The van der Waals surface area contributed by atoms with Gasteiger partial charge in [-0.1, -0.05) is 34.6 Å². The SMILES string of the molecule is CC.CC.CCN1CCN(CC(C)=O)CCN(CC(N)=O)CC1.NC=O. The van der Waals surface area contributed by atoms with E-state index in [4.69, 9.17) is 10.5 Å². The number of hydrogen-bond donors (Lipinski definition) is 2. The smallest absolute Gasteiger partial charge is 0.231 e. The number of amides is 2. The molecule has 0 bridgehead atoms. The predicted octanol–water partition coefficient (Wildman–Crippen LogP) is 0.154. The van der Waals surface area contributed by atoms with Crippen LogP contribution in [-0.4, -0.2) is 91.7 Å². The Morgan fingerprint density at radius 1 is 0.846 bits per heavy atom. The average molecular weight is 376 g/mol. The van der Waals surface area contributed by atoms with Gasteiger partial charge in [0.05, 0.1) is 13.1 Å². The Bertz CT molecular complexity index is 326. The summed E-state index contributed by atoms with van der Waals surface area (Å²) in [6.07, 6.45) is 0.250. The van der Waals surface area contributed by atoms with Crippen molar-refractivity contribution in [3.8, 4) is 0 Å². The molecule has 26 heavy (non-hydrogen) atoms. The molecule has 0 spiro atoms. The number of likely N-dealkylation sites (N-methyl/N-ethyl adjacent to an activating group) is 1. The highest BCUT2D eigenvalue weighted by Crippen LogP contribution is 2.00. The van der Waals surface area contributed by atoms with E-state index in [0.29, 0.717) is 13.1 Å². The van der Waals surface area contributed by atoms with Crippen LogP contribution in [-0.2, 0) is 14.4 Å². The molecule has 1 heterocycles. The van der Waals surface area contributed by atoms with E-state index in [-0.39, 0.29) is 18.1 Å². The third kappa shape index (κ3) is 18.8. The molecule has 1 aliphatic heterocycles. The van der Waals surface area contributed by atoms with Gasteiger partial charge in [0.15, 0.2) is 0 Å². The zero-order valence-corrected chi connectivity index (χ0v) is 17.7. The standard InChI is InChI=1S/C13H26N4O2.2C2H6.CH3NO/c1-3-15-4-6-16(10-12(2)18)8-9-17(7-5-15)11-13(14)19;2*1-2;2-1-3/h3-11H2,1-2H3,(H2,14,19);2*1-2H3;1H,(H2,2,3). The lowest BCUT2D eigenvalue weighted by Gasteiger charge is -2.23. The van der Waals surface area contributed by atoms with Crippen molar-refractivity contribution in [2.24, 2.45) is 11.5 Å². The Balaban J connectivity index is -0.000000663. The number of ketones is 1. The number of rotatable bonds is 5.